The van der Waals surface area contributed by atoms with Gasteiger partial charge in [-0.3, -0.25) is 0 Å². The van der Waals surface area contributed by atoms with Gasteiger partial charge in [0, 0.05) is 42.4 Å². The predicted octanol–water partition coefficient (Wildman–Crippen LogP) is 3.82. The minimum Gasteiger partial charge on any atom is -0.371 e. The zero-order valence-corrected chi connectivity index (χ0v) is 14.0. The molecule has 1 atom stereocenters. The number of hydrogen-bond acceptors (Lipinski definition) is 2. The number of nitrogens with zero attached hydrogens (tertiary/aromatic N) is 1. The van der Waals surface area contributed by atoms with Crippen LogP contribution >= 0.6 is 0 Å². The van der Waals surface area contributed by atoms with Gasteiger partial charge in [-0.1, -0.05) is 24.3 Å². The standard InChI is InChI=1S/C20H22N4O/c25-20(23-19-8-4-7-18-17(19)9-11-21-18)22-13-15-10-12-24(14-15)16-5-2-1-3-6-16/h1-9,11,15,21H,10,12-14H2,(H2,22,23,25)/t15-/m0/s1. The van der Waals surface area contributed by atoms with Gasteiger partial charge in [-0.25, -0.2) is 4.79 Å². The van der Waals surface area contributed by atoms with E-state index in [1.165, 1.54) is 5.69 Å². The molecule has 3 N–H and O–H groups in total. The number of benzene rings is 2. The second-order valence-electron chi connectivity index (χ2n) is 6.52. The fraction of sp³-hybridized carbons (Fsp3) is 0.250. The third-order valence-corrected chi connectivity index (χ3v) is 4.80. The van der Waals surface area contributed by atoms with E-state index in [-0.39, 0.29) is 6.03 Å². The smallest absolute Gasteiger partial charge is 0.319 e. The van der Waals surface area contributed by atoms with Crippen molar-refractivity contribution in [3.8, 4) is 0 Å². The number of H-pyrrole nitrogens is 1. The normalized spacial score (nSPS) is 17.0. The Morgan fingerprint density at radius 2 is 2.00 bits per heavy atom. The Bertz CT molecular complexity index is 858. The number of para-hydroxylation sites is 1. The molecule has 2 amide bonds. The zero-order valence-electron chi connectivity index (χ0n) is 14.0. The minimum absolute atomic E-state index is 0.146. The Morgan fingerprint density at radius 1 is 1.12 bits per heavy atom. The van der Waals surface area contributed by atoms with Crippen molar-refractivity contribution >= 4 is 28.3 Å². The Balaban J connectivity index is 1.30. The van der Waals surface area contributed by atoms with Crippen LogP contribution < -0.4 is 15.5 Å². The zero-order chi connectivity index (χ0) is 17.1. The minimum atomic E-state index is -0.146. The number of rotatable bonds is 4. The van der Waals surface area contributed by atoms with Crippen molar-refractivity contribution in [2.75, 3.05) is 29.9 Å². The van der Waals surface area contributed by atoms with Crippen LogP contribution in [-0.2, 0) is 0 Å². The molecule has 1 aliphatic heterocycles. The monoisotopic (exact) mass is 334 g/mol. The van der Waals surface area contributed by atoms with Gasteiger partial charge in [0.25, 0.3) is 0 Å². The van der Waals surface area contributed by atoms with Crippen LogP contribution in [0.25, 0.3) is 10.9 Å². The van der Waals surface area contributed by atoms with Crippen molar-refractivity contribution in [2.24, 2.45) is 5.92 Å². The molecule has 5 heteroatoms. The summed E-state index contributed by atoms with van der Waals surface area (Å²) < 4.78 is 0. The van der Waals surface area contributed by atoms with Crippen molar-refractivity contribution in [3.05, 3.63) is 60.8 Å². The lowest BCUT2D eigenvalue weighted by molar-refractivity contribution is 0.250. The average molecular weight is 334 g/mol. The molecule has 3 aromatic rings. The first-order valence-corrected chi connectivity index (χ1v) is 8.70. The highest BCUT2D eigenvalue weighted by Gasteiger charge is 2.23. The molecule has 2 aromatic carbocycles. The number of amides is 2. The number of carbonyl (C=O) groups excluding carboxylic acids is 1. The van der Waals surface area contributed by atoms with Gasteiger partial charge in [0.05, 0.1) is 5.69 Å². The van der Waals surface area contributed by atoms with Crippen LogP contribution in [-0.4, -0.2) is 30.6 Å². The van der Waals surface area contributed by atoms with Gasteiger partial charge < -0.3 is 20.5 Å². The van der Waals surface area contributed by atoms with E-state index in [4.69, 9.17) is 0 Å². The Morgan fingerprint density at radius 3 is 2.88 bits per heavy atom. The molecule has 0 saturated carbocycles. The molecule has 0 bridgehead atoms. The van der Waals surface area contributed by atoms with E-state index < -0.39 is 0 Å². The van der Waals surface area contributed by atoms with Gasteiger partial charge in [0.15, 0.2) is 0 Å². The number of anilines is 2. The van der Waals surface area contributed by atoms with E-state index in [0.717, 1.165) is 36.1 Å². The first-order chi connectivity index (χ1) is 12.3. The summed E-state index contributed by atoms with van der Waals surface area (Å²) in [5.74, 6) is 0.481. The SMILES string of the molecule is O=C(NC[C@@H]1CCN(c2ccccc2)C1)Nc1cccc2[nH]ccc12. The van der Waals surface area contributed by atoms with Crippen LogP contribution in [0, 0.1) is 5.92 Å². The summed E-state index contributed by atoms with van der Waals surface area (Å²) in [6, 6.07) is 18.1. The molecule has 5 nitrogen and oxygen atoms in total. The second kappa shape index (κ2) is 6.89. The van der Waals surface area contributed by atoms with Crippen LogP contribution in [0.2, 0.25) is 0 Å². The van der Waals surface area contributed by atoms with Crippen LogP contribution in [0.3, 0.4) is 0 Å². The molecule has 128 valence electrons. The molecule has 25 heavy (non-hydrogen) atoms. The van der Waals surface area contributed by atoms with E-state index in [1.807, 2.05) is 36.5 Å². The first-order valence-electron chi connectivity index (χ1n) is 8.70. The van der Waals surface area contributed by atoms with Gasteiger partial charge in [0.2, 0.25) is 0 Å². The molecule has 0 aliphatic carbocycles. The fourth-order valence-electron chi connectivity index (χ4n) is 3.47. The quantitative estimate of drug-likeness (QED) is 0.679. The number of urea groups is 1. The maximum Gasteiger partial charge on any atom is 0.319 e. The highest BCUT2D eigenvalue weighted by molar-refractivity contribution is 6.00. The van der Waals surface area contributed by atoms with Gasteiger partial charge >= 0.3 is 6.03 Å². The molecule has 0 radical (unpaired) electrons. The maximum atomic E-state index is 12.2. The fourth-order valence-corrected chi connectivity index (χ4v) is 3.47. The number of aromatic amines is 1. The third-order valence-electron chi connectivity index (χ3n) is 4.80. The van der Waals surface area contributed by atoms with Crippen molar-refractivity contribution in [2.45, 2.75) is 6.42 Å². The number of carbonyl (C=O) groups is 1. The van der Waals surface area contributed by atoms with Gasteiger partial charge in [-0.15, -0.1) is 0 Å². The number of nitrogens with one attached hydrogen (secondary N) is 3. The summed E-state index contributed by atoms with van der Waals surface area (Å²) in [6.07, 6.45) is 2.98. The van der Waals surface area contributed by atoms with Crippen molar-refractivity contribution < 1.29 is 4.79 Å². The van der Waals surface area contributed by atoms with Crippen molar-refractivity contribution in [1.82, 2.24) is 10.3 Å². The molecule has 0 unspecified atom stereocenters. The van der Waals surface area contributed by atoms with E-state index >= 15 is 0 Å². The average Bonchev–Trinajstić information content (AvgIpc) is 3.31. The van der Waals surface area contributed by atoms with Crippen LogP contribution in [0.4, 0.5) is 16.2 Å². The van der Waals surface area contributed by atoms with E-state index in [0.29, 0.717) is 12.5 Å². The molecule has 1 aliphatic rings. The molecule has 1 fully saturated rings. The first kappa shape index (κ1) is 15.6. The highest BCUT2D eigenvalue weighted by atomic mass is 16.2. The van der Waals surface area contributed by atoms with Gasteiger partial charge in [-0.2, -0.15) is 0 Å². The molecule has 1 aromatic heterocycles. The van der Waals surface area contributed by atoms with Gasteiger partial charge in [-0.05, 0) is 42.7 Å². The summed E-state index contributed by atoms with van der Waals surface area (Å²) >= 11 is 0. The molecule has 2 heterocycles. The summed E-state index contributed by atoms with van der Waals surface area (Å²) in [5.41, 5.74) is 3.11. The topological polar surface area (TPSA) is 60.2 Å². The lowest BCUT2D eigenvalue weighted by Crippen LogP contribution is -2.34. The van der Waals surface area contributed by atoms with Crippen LogP contribution in [0.1, 0.15) is 6.42 Å². The summed E-state index contributed by atoms with van der Waals surface area (Å²) in [6.45, 7) is 2.72. The summed E-state index contributed by atoms with van der Waals surface area (Å²) in [4.78, 5) is 17.8. The van der Waals surface area contributed by atoms with Gasteiger partial charge in [0.1, 0.15) is 0 Å². The number of fused-ring (bicyclic) bond motifs is 1. The predicted molar refractivity (Wildman–Crippen MR) is 102 cm³/mol. The number of aromatic nitrogens is 1. The largest absolute Gasteiger partial charge is 0.371 e. The molecular formula is C20H22N4O. The third kappa shape index (κ3) is 3.45. The van der Waals surface area contributed by atoms with Crippen LogP contribution in [0.15, 0.2) is 60.8 Å². The molecule has 1 saturated heterocycles. The highest BCUT2D eigenvalue weighted by Crippen LogP contribution is 2.24. The lowest BCUT2D eigenvalue weighted by Gasteiger charge is -2.18. The Labute approximate surface area is 147 Å². The molecule has 4 rings (SSSR count). The number of hydrogen-bond donors (Lipinski definition) is 3. The van der Waals surface area contributed by atoms with Crippen molar-refractivity contribution in [3.63, 3.8) is 0 Å². The second-order valence-corrected chi connectivity index (χ2v) is 6.52. The van der Waals surface area contributed by atoms with Crippen LogP contribution in [0.5, 0.6) is 0 Å². The van der Waals surface area contributed by atoms with E-state index in [2.05, 4.69) is 44.8 Å². The van der Waals surface area contributed by atoms with Crippen molar-refractivity contribution in [1.29, 1.82) is 0 Å². The lowest BCUT2D eigenvalue weighted by atomic mass is 10.1. The Hall–Kier alpha value is -2.95. The van der Waals surface area contributed by atoms with E-state index in [1.54, 1.807) is 0 Å². The van der Waals surface area contributed by atoms with E-state index in [9.17, 15) is 4.79 Å². The Kier molecular flexibility index (Phi) is 4.29. The summed E-state index contributed by atoms with van der Waals surface area (Å²) in [5, 5.41) is 6.99. The molecule has 0 spiro atoms. The molecular weight excluding hydrogens is 312 g/mol. The maximum absolute atomic E-state index is 12.2. The summed E-state index contributed by atoms with van der Waals surface area (Å²) in [7, 11) is 0.